The van der Waals surface area contributed by atoms with Crippen molar-refractivity contribution in [2.75, 3.05) is 13.6 Å². The molecular formula is C23H28N2O. The van der Waals surface area contributed by atoms with Crippen molar-refractivity contribution in [2.24, 2.45) is 5.92 Å². The van der Waals surface area contributed by atoms with Crippen LogP contribution >= 0.6 is 0 Å². The summed E-state index contributed by atoms with van der Waals surface area (Å²) < 4.78 is 0. The quantitative estimate of drug-likeness (QED) is 0.846. The van der Waals surface area contributed by atoms with Crippen LogP contribution in [0.4, 0.5) is 0 Å². The zero-order chi connectivity index (χ0) is 17.9. The molecule has 2 aliphatic carbocycles. The Bertz CT molecular complexity index is 754. The normalized spacial score (nSPS) is 20.3. The molecule has 26 heavy (non-hydrogen) atoms. The number of aryl methyl sites for hydroxylation is 1. The fourth-order valence-corrected chi connectivity index (χ4v) is 4.27. The maximum Gasteiger partial charge on any atom is 0.236 e. The number of amides is 1. The van der Waals surface area contributed by atoms with Crippen LogP contribution in [-0.2, 0) is 11.2 Å². The van der Waals surface area contributed by atoms with Crippen molar-refractivity contribution in [3.05, 3.63) is 71.3 Å². The standard InChI is InChI=1S/C23H28N2O/c1-25(21-13-7-11-17-8-5-6-12-20(17)21)22(26)16-24-23(19-14-15-19)18-9-3-2-4-10-18/h2-6,8-10,12,19,21,23-24H,7,11,13-16H2,1H3. The Labute approximate surface area is 156 Å². The van der Waals surface area contributed by atoms with E-state index in [0.29, 0.717) is 18.5 Å². The third kappa shape index (κ3) is 3.68. The number of carbonyl (C=O) groups excluding carboxylic acids is 1. The molecule has 0 aliphatic heterocycles. The Hall–Kier alpha value is -2.13. The van der Waals surface area contributed by atoms with E-state index in [1.165, 1.54) is 29.5 Å². The molecule has 0 aromatic heterocycles. The summed E-state index contributed by atoms with van der Waals surface area (Å²) in [6, 6.07) is 19.6. The highest BCUT2D eigenvalue weighted by Gasteiger charge is 2.33. The molecule has 4 rings (SSSR count). The van der Waals surface area contributed by atoms with E-state index < -0.39 is 0 Å². The first-order chi connectivity index (χ1) is 12.7. The van der Waals surface area contributed by atoms with Crippen LogP contribution in [-0.4, -0.2) is 24.4 Å². The zero-order valence-corrected chi connectivity index (χ0v) is 15.5. The van der Waals surface area contributed by atoms with Gasteiger partial charge in [0.25, 0.3) is 0 Å². The first-order valence-corrected chi connectivity index (χ1v) is 9.86. The van der Waals surface area contributed by atoms with Gasteiger partial charge in [-0.3, -0.25) is 4.79 Å². The van der Waals surface area contributed by atoms with Crippen molar-refractivity contribution < 1.29 is 4.79 Å². The number of nitrogens with zero attached hydrogens (tertiary/aromatic N) is 1. The van der Waals surface area contributed by atoms with Gasteiger partial charge in [0.1, 0.15) is 0 Å². The Morgan fingerprint density at radius 1 is 1.08 bits per heavy atom. The van der Waals surface area contributed by atoms with Crippen LogP contribution in [0.15, 0.2) is 54.6 Å². The van der Waals surface area contributed by atoms with Gasteiger partial charge in [-0.2, -0.15) is 0 Å². The van der Waals surface area contributed by atoms with Crippen LogP contribution in [0, 0.1) is 5.92 Å². The lowest BCUT2D eigenvalue weighted by atomic mass is 9.87. The predicted molar refractivity (Wildman–Crippen MR) is 105 cm³/mol. The molecular weight excluding hydrogens is 320 g/mol. The molecule has 3 heteroatoms. The molecule has 2 aromatic carbocycles. The minimum absolute atomic E-state index is 0.188. The average Bonchev–Trinajstić information content (AvgIpc) is 3.53. The summed E-state index contributed by atoms with van der Waals surface area (Å²) >= 11 is 0. The molecule has 0 bridgehead atoms. The van der Waals surface area contributed by atoms with Crippen LogP contribution in [0.3, 0.4) is 0 Å². The second-order valence-corrected chi connectivity index (χ2v) is 7.72. The van der Waals surface area contributed by atoms with Crippen LogP contribution in [0.1, 0.15) is 54.5 Å². The van der Waals surface area contributed by atoms with Crippen LogP contribution in [0.25, 0.3) is 0 Å². The van der Waals surface area contributed by atoms with Gasteiger partial charge < -0.3 is 10.2 Å². The van der Waals surface area contributed by atoms with E-state index in [-0.39, 0.29) is 11.9 Å². The second-order valence-electron chi connectivity index (χ2n) is 7.72. The van der Waals surface area contributed by atoms with E-state index >= 15 is 0 Å². The number of rotatable bonds is 6. The summed E-state index contributed by atoms with van der Waals surface area (Å²) in [4.78, 5) is 14.9. The average molecular weight is 348 g/mol. The highest BCUT2D eigenvalue weighted by molar-refractivity contribution is 5.78. The maximum absolute atomic E-state index is 12.9. The van der Waals surface area contributed by atoms with Crippen molar-refractivity contribution in [1.29, 1.82) is 0 Å². The fraction of sp³-hybridized carbons (Fsp3) is 0.435. The van der Waals surface area contributed by atoms with E-state index in [2.05, 4.69) is 53.8 Å². The zero-order valence-electron chi connectivity index (χ0n) is 15.5. The minimum atomic E-state index is 0.188. The molecule has 1 N–H and O–H groups in total. The predicted octanol–water partition coefficient (Wildman–Crippen LogP) is 4.26. The molecule has 2 aliphatic rings. The third-order valence-electron chi connectivity index (χ3n) is 5.92. The Morgan fingerprint density at radius 3 is 2.58 bits per heavy atom. The van der Waals surface area contributed by atoms with Crippen molar-refractivity contribution in [3.63, 3.8) is 0 Å². The molecule has 2 aromatic rings. The molecule has 0 spiro atoms. The van der Waals surface area contributed by atoms with Gasteiger partial charge in [0.15, 0.2) is 0 Å². The Balaban J connectivity index is 1.42. The summed E-state index contributed by atoms with van der Waals surface area (Å²) in [6.07, 6.45) is 5.86. The molecule has 1 fully saturated rings. The van der Waals surface area contributed by atoms with Gasteiger partial charge in [0.2, 0.25) is 5.91 Å². The lowest BCUT2D eigenvalue weighted by Crippen LogP contribution is -2.40. The Morgan fingerprint density at radius 2 is 1.81 bits per heavy atom. The highest BCUT2D eigenvalue weighted by Crippen LogP contribution is 2.41. The van der Waals surface area contributed by atoms with Crippen LogP contribution in [0.5, 0.6) is 0 Å². The smallest absolute Gasteiger partial charge is 0.236 e. The van der Waals surface area contributed by atoms with Gasteiger partial charge in [-0.25, -0.2) is 0 Å². The number of nitrogens with one attached hydrogen (secondary N) is 1. The Kier molecular flexibility index (Phi) is 5.07. The summed E-state index contributed by atoms with van der Waals surface area (Å²) in [5, 5.41) is 3.55. The topological polar surface area (TPSA) is 32.3 Å². The maximum atomic E-state index is 12.9. The number of benzene rings is 2. The number of likely N-dealkylation sites (N-methyl/N-ethyl adjacent to an activating group) is 1. The third-order valence-corrected chi connectivity index (χ3v) is 5.92. The van der Waals surface area contributed by atoms with Crippen molar-refractivity contribution in [2.45, 2.75) is 44.2 Å². The van der Waals surface area contributed by atoms with Gasteiger partial charge >= 0.3 is 0 Å². The number of hydrogen-bond acceptors (Lipinski definition) is 2. The molecule has 2 atom stereocenters. The lowest BCUT2D eigenvalue weighted by Gasteiger charge is -2.34. The van der Waals surface area contributed by atoms with Gasteiger partial charge in [-0.05, 0) is 54.7 Å². The van der Waals surface area contributed by atoms with Crippen molar-refractivity contribution in [1.82, 2.24) is 10.2 Å². The monoisotopic (exact) mass is 348 g/mol. The van der Waals surface area contributed by atoms with E-state index in [1.807, 2.05) is 18.0 Å². The molecule has 136 valence electrons. The highest BCUT2D eigenvalue weighted by atomic mass is 16.2. The summed E-state index contributed by atoms with van der Waals surface area (Å²) in [7, 11) is 1.96. The van der Waals surface area contributed by atoms with Crippen LogP contribution < -0.4 is 5.32 Å². The van der Waals surface area contributed by atoms with Crippen LogP contribution in [0.2, 0.25) is 0 Å². The van der Waals surface area contributed by atoms with E-state index in [0.717, 1.165) is 19.3 Å². The van der Waals surface area contributed by atoms with Gasteiger partial charge in [-0.15, -0.1) is 0 Å². The summed E-state index contributed by atoms with van der Waals surface area (Å²) in [5.74, 6) is 0.860. The fourth-order valence-electron chi connectivity index (χ4n) is 4.27. The molecule has 3 nitrogen and oxygen atoms in total. The number of carbonyl (C=O) groups is 1. The lowest BCUT2D eigenvalue weighted by molar-refractivity contribution is -0.131. The first-order valence-electron chi connectivity index (χ1n) is 9.86. The van der Waals surface area contributed by atoms with Gasteiger partial charge in [0, 0.05) is 13.1 Å². The molecule has 2 unspecified atom stereocenters. The van der Waals surface area contributed by atoms with Gasteiger partial charge in [-0.1, -0.05) is 54.6 Å². The second kappa shape index (κ2) is 7.63. The van der Waals surface area contributed by atoms with E-state index in [9.17, 15) is 4.79 Å². The first kappa shape index (κ1) is 17.3. The minimum Gasteiger partial charge on any atom is -0.338 e. The largest absolute Gasteiger partial charge is 0.338 e. The van der Waals surface area contributed by atoms with E-state index in [4.69, 9.17) is 0 Å². The summed E-state index contributed by atoms with van der Waals surface area (Å²) in [6.45, 7) is 0.408. The van der Waals surface area contributed by atoms with Crippen molar-refractivity contribution >= 4 is 5.91 Å². The molecule has 1 saturated carbocycles. The molecule has 0 saturated heterocycles. The molecule has 0 heterocycles. The van der Waals surface area contributed by atoms with Crippen molar-refractivity contribution in [3.8, 4) is 0 Å². The SMILES string of the molecule is CN(C(=O)CNC(c1ccccc1)C1CC1)C1CCCc2ccccc21. The number of hydrogen-bond donors (Lipinski definition) is 1. The molecule has 1 amide bonds. The summed E-state index contributed by atoms with van der Waals surface area (Å²) in [5.41, 5.74) is 4.03. The van der Waals surface area contributed by atoms with E-state index in [1.54, 1.807) is 0 Å². The van der Waals surface area contributed by atoms with Gasteiger partial charge in [0.05, 0.1) is 12.6 Å². The number of fused-ring (bicyclic) bond motifs is 1. The molecule has 0 radical (unpaired) electrons.